The summed E-state index contributed by atoms with van der Waals surface area (Å²) in [7, 11) is 0. The van der Waals surface area contributed by atoms with Crippen LogP contribution in [-0.4, -0.2) is 59.6 Å². The largest absolute Gasteiger partial charge is 0.369 e. The van der Waals surface area contributed by atoms with Gasteiger partial charge in [0.15, 0.2) is 0 Å². The van der Waals surface area contributed by atoms with Crippen LogP contribution in [0.3, 0.4) is 0 Å². The van der Waals surface area contributed by atoms with Crippen molar-refractivity contribution in [1.29, 1.82) is 0 Å². The molecule has 1 aromatic heterocycles. The normalized spacial score (nSPS) is 14.6. The standard InChI is InChI=1S/C24H29N5O2/c30-23(19-29-22-11-5-4-10-21(22)26-18-24(29)31)25-12-6-7-13-27-14-16-28(17-15-27)20-8-2-1-3-9-20/h1-5,8-11,18H,6-7,12-17,19H2,(H,25,30). The Bertz CT molecular complexity index is 1060. The van der Waals surface area contributed by atoms with E-state index < -0.39 is 0 Å². The molecule has 1 fully saturated rings. The monoisotopic (exact) mass is 419 g/mol. The van der Waals surface area contributed by atoms with E-state index in [1.165, 1.54) is 16.5 Å². The third kappa shape index (κ3) is 5.49. The Labute approximate surface area is 182 Å². The van der Waals surface area contributed by atoms with Crippen LogP contribution in [0, 0.1) is 0 Å². The summed E-state index contributed by atoms with van der Waals surface area (Å²) in [5.74, 6) is -0.144. The SMILES string of the molecule is O=C(Cn1c(=O)cnc2ccccc21)NCCCCN1CCN(c2ccccc2)CC1. The number of nitrogens with zero attached hydrogens (tertiary/aromatic N) is 4. The Morgan fingerprint density at radius 3 is 2.48 bits per heavy atom. The number of carbonyl (C=O) groups is 1. The van der Waals surface area contributed by atoms with E-state index >= 15 is 0 Å². The highest BCUT2D eigenvalue weighted by Gasteiger charge is 2.16. The van der Waals surface area contributed by atoms with Gasteiger partial charge in [-0.15, -0.1) is 0 Å². The Kier molecular flexibility index (Phi) is 6.94. The maximum Gasteiger partial charge on any atom is 0.269 e. The molecule has 162 valence electrons. The lowest BCUT2D eigenvalue weighted by Crippen LogP contribution is -2.46. The smallest absolute Gasteiger partial charge is 0.269 e. The number of hydrogen-bond acceptors (Lipinski definition) is 5. The van der Waals surface area contributed by atoms with Gasteiger partial charge in [0, 0.05) is 38.4 Å². The topological polar surface area (TPSA) is 70.5 Å². The predicted octanol–water partition coefficient (Wildman–Crippen LogP) is 2.12. The zero-order chi connectivity index (χ0) is 21.5. The van der Waals surface area contributed by atoms with Crippen molar-refractivity contribution in [2.75, 3.05) is 44.2 Å². The minimum Gasteiger partial charge on any atom is -0.369 e. The van der Waals surface area contributed by atoms with Crippen molar-refractivity contribution in [1.82, 2.24) is 19.8 Å². The maximum absolute atomic E-state index is 12.3. The first-order chi connectivity index (χ1) is 15.2. The lowest BCUT2D eigenvalue weighted by atomic mass is 10.2. The molecule has 0 saturated carbocycles. The van der Waals surface area contributed by atoms with Crippen LogP contribution in [0.5, 0.6) is 0 Å². The summed E-state index contributed by atoms with van der Waals surface area (Å²) in [6.45, 7) is 5.93. The second kappa shape index (κ2) is 10.2. The molecule has 1 saturated heterocycles. The highest BCUT2D eigenvalue weighted by atomic mass is 16.2. The molecule has 1 aliphatic heterocycles. The summed E-state index contributed by atoms with van der Waals surface area (Å²) in [5.41, 5.74) is 2.43. The van der Waals surface area contributed by atoms with Gasteiger partial charge in [-0.2, -0.15) is 0 Å². The molecule has 3 aromatic rings. The van der Waals surface area contributed by atoms with Gasteiger partial charge >= 0.3 is 0 Å². The van der Waals surface area contributed by atoms with Crippen LogP contribution in [0.2, 0.25) is 0 Å². The van der Waals surface area contributed by atoms with Crippen LogP contribution < -0.4 is 15.8 Å². The van der Waals surface area contributed by atoms with E-state index in [-0.39, 0.29) is 18.0 Å². The van der Waals surface area contributed by atoms with Gasteiger partial charge in [0.1, 0.15) is 6.54 Å². The molecule has 0 spiro atoms. The van der Waals surface area contributed by atoms with Gasteiger partial charge in [-0.05, 0) is 43.7 Å². The molecule has 31 heavy (non-hydrogen) atoms. The van der Waals surface area contributed by atoms with E-state index in [2.05, 4.69) is 50.4 Å². The number of benzene rings is 2. The second-order valence-electron chi connectivity index (χ2n) is 7.89. The summed E-state index contributed by atoms with van der Waals surface area (Å²) >= 11 is 0. The molecule has 0 unspecified atom stereocenters. The van der Waals surface area contributed by atoms with Gasteiger partial charge in [-0.1, -0.05) is 30.3 Å². The minimum atomic E-state index is -0.261. The van der Waals surface area contributed by atoms with E-state index in [4.69, 9.17) is 0 Å². The van der Waals surface area contributed by atoms with E-state index in [0.29, 0.717) is 17.6 Å². The molecule has 1 amide bonds. The van der Waals surface area contributed by atoms with Gasteiger partial charge in [0.05, 0.1) is 17.2 Å². The van der Waals surface area contributed by atoms with Gasteiger partial charge in [0.25, 0.3) is 5.56 Å². The molecule has 2 heterocycles. The highest BCUT2D eigenvalue weighted by Crippen LogP contribution is 2.15. The third-order valence-electron chi connectivity index (χ3n) is 5.77. The number of piperazine rings is 1. The first-order valence-corrected chi connectivity index (χ1v) is 10.9. The molecule has 0 radical (unpaired) electrons. The van der Waals surface area contributed by atoms with Crippen LogP contribution in [0.15, 0.2) is 65.6 Å². The van der Waals surface area contributed by atoms with Crippen molar-refractivity contribution < 1.29 is 4.79 Å². The Hall–Kier alpha value is -3.19. The van der Waals surface area contributed by atoms with Crippen molar-refractivity contribution in [3.63, 3.8) is 0 Å². The van der Waals surface area contributed by atoms with Crippen LogP contribution >= 0.6 is 0 Å². The number of aromatic nitrogens is 2. The number of rotatable bonds is 8. The van der Waals surface area contributed by atoms with E-state index in [1.807, 2.05) is 24.3 Å². The molecule has 0 bridgehead atoms. The number of amides is 1. The molecule has 2 aromatic carbocycles. The molecular formula is C24H29N5O2. The molecule has 0 aliphatic carbocycles. The first-order valence-electron chi connectivity index (χ1n) is 10.9. The Morgan fingerprint density at radius 1 is 0.935 bits per heavy atom. The van der Waals surface area contributed by atoms with Crippen LogP contribution in [0.4, 0.5) is 5.69 Å². The van der Waals surface area contributed by atoms with Crippen molar-refractivity contribution in [2.24, 2.45) is 0 Å². The summed E-state index contributed by atoms with van der Waals surface area (Å²) in [5, 5.41) is 2.94. The highest BCUT2D eigenvalue weighted by molar-refractivity contribution is 5.79. The predicted molar refractivity (Wildman–Crippen MR) is 123 cm³/mol. The van der Waals surface area contributed by atoms with Gasteiger partial charge in [-0.25, -0.2) is 4.98 Å². The number of hydrogen-bond donors (Lipinski definition) is 1. The van der Waals surface area contributed by atoms with Gasteiger partial charge < -0.3 is 10.2 Å². The average molecular weight is 420 g/mol. The van der Waals surface area contributed by atoms with Crippen LogP contribution in [-0.2, 0) is 11.3 Å². The lowest BCUT2D eigenvalue weighted by Gasteiger charge is -2.36. The quantitative estimate of drug-likeness (QED) is 0.567. The molecular weight excluding hydrogens is 390 g/mol. The number of anilines is 1. The number of carbonyl (C=O) groups excluding carboxylic acids is 1. The fourth-order valence-electron chi connectivity index (χ4n) is 4.03. The average Bonchev–Trinajstić information content (AvgIpc) is 2.82. The number of nitrogens with one attached hydrogen (secondary N) is 1. The Morgan fingerprint density at radius 2 is 1.68 bits per heavy atom. The third-order valence-corrected chi connectivity index (χ3v) is 5.77. The summed E-state index contributed by atoms with van der Waals surface area (Å²) in [4.78, 5) is 33.5. The van der Waals surface area contributed by atoms with E-state index in [0.717, 1.165) is 45.6 Å². The zero-order valence-electron chi connectivity index (χ0n) is 17.7. The fraction of sp³-hybridized carbons (Fsp3) is 0.375. The van der Waals surface area contributed by atoms with Crippen LogP contribution in [0.25, 0.3) is 11.0 Å². The van der Waals surface area contributed by atoms with E-state index in [1.54, 1.807) is 0 Å². The summed E-state index contributed by atoms with van der Waals surface area (Å²) in [6.07, 6.45) is 3.24. The molecule has 7 heteroatoms. The van der Waals surface area contributed by atoms with Crippen molar-refractivity contribution >= 4 is 22.6 Å². The van der Waals surface area contributed by atoms with Crippen molar-refractivity contribution in [3.05, 3.63) is 71.1 Å². The summed E-state index contributed by atoms with van der Waals surface area (Å²) in [6, 6.07) is 17.9. The first kappa shape index (κ1) is 21.1. The number of unbranched alkanes of at least 4 members (excludes halogenated alkanes) is 1. The van der Waals surface area contributed by atoms with Gasteiger partial charge in [0.2, 0.25) is 5.91 Å². The number of fused-ring (bicyclic) bond motifs is 1. The Balaban J connectivity index is 1.16. The second-order valence-corrected chi connectivity index (χ2v) is 7.89. The fourth-order valence-corrected chi connectivity index (χ4v) is 4.03. The maximum atomic E-state index is 12.3. The van der Waals surface area contributed by atoms with E-state index in [9.17, 15) is 9.59 Å². The number of para-hydroxylation sites is 3. The summed E-state index contributed by atoms with van der Waals surface area (Å²) < 4.78 is 1.48. The lowest BCUT2D eigenvalue weighted by molar-refractivity contribution is -0.121. The minimum absolute atomic E-state index is 0.0172. The molecule has 0 atom stereocenters. The van der Waals surface area contributed by atoms with Crippen molar-refractivity contribution in [3.8, 4) is 0 Å². The molecule has 4 rings (SSSR count). The molecule has 1 aliphatic rings. The molecule has 1 N–H and O–H groups in total. The zero-order valence-corrected chi connectivity index (χ0v) is 17.7. The van der Waals surface area contributed by atoms with Crippen LogP contribution in [0.1, 0.15) is 12.8 Å². The van der Waals surface area contributed by atoms with Crippen molar-refractivity contribution in [2.45, 2.75) is 19.4 Å². The van der Waals surface area contributed by atoms with Gasteiger partial charge in [-0.3, -0.25) is 19.1 Å². The molecule has 7 nitrogen and oxygen atoms in total.